The smallest absolute Gasteiger partial charge is 0.270 e. The molecule has 1 aliphatic rings. The molecule has 2 aromatic rings. The van der Waals surface area contributed by atoms with Crippen molar-refractivity contribution in [3.8, 4) is 5.69 Å². The first-order valence-corrected chi connectivity index (χ1v) is 7.75. The summed E-state index contributed by atoms with van der Waals surface area (Å²) in [5.41, 5.74) is 1.67. The van der Waals surface area contributed by atoms with Crippen LogP contribution in [-0.4, -0.2) is 14.2 Å². The highest BCUT2D eigenvalue weighted by Crippen LogP contribution is 2.32. The standard InChI is InChI=1S/C16H22N4O/c1-2-15-18-8-9-19(15)13-10-14(20(17)16(21)11-13)12-6-4-3-5-7-12/h8-12H,2-7,17H2,1H3. The number of hydrogen-bond acceptors (Lipinski definition) is 3. The molecule has 2 aromatic heterocycles. The van der Waals surface area contributed by atoms with Crippen molar-refractivity contribution in [3.05, 3.63) is 46.4 Å². The Labute approximate surface area is 124 Å². The van der Waals surface area contributed by atoms with E-state index in [1.165, 1.54) is 23.9 Å². The van der Waals surface area contributed by atoms with Gasteiger partial charge in [0, 0.05) is 36.5 Å². The zero-order valence-electron chi connectivity index (χ0n) is 12.5. The summed E-state index contributed by atoms with van der Waals surface area (Å²) in [7, 11) is 0. The summed E-state index contributed by atoms with van der Waals surface area (Å²) in [5.74, 6) is 7.34. The number of pyridine rings is 1. The molecule has 112 valence electrons. The first-order chi connectivity index (χ1) is 10.2. The van der Waals surface area contributed by atoms with Crippen molar-refractivity contribution in [1.29, 1.82) is 0 Å². The quantitative estimate of drug-likeness (QED) is 0.881. The Hall–Kier alpha value is -2.04. The van der Waals surface area contributed by atoms with Crippen LogP contribution in [0.3, 0.4) is 0 Å². The minimum Gasteiger partial charge on any atom is -0.336 e. The van der Waals surface area contributed by atoms with E-state index in [2.05, 4.69) is 18.0 Å². The van der Waals surface area contributed by atoms with E-state index in [4.69, 9.17) is 5.84 Å². The number of imidazole rings is 1. The van der Waals surface area contributed by atoms with Crippen LogP contribution in [0.2, 0.25) is 0 Å². The van der Waals surface area contributed by atoms with Crippen LogP contribution in [0.5, 0.6) is 0 Å². The van der Waals surface area contributed by atoms with E-state index in [0.717, 1.165) is 36.5 Å². The summed E-state index contributed by atoms with van der Waals surface area (Å²) >= 11 is 0. The molecule has 0 aromatic carbocycles. The lowest BCUT2D eigenvalue weighted by Gasteiger charge is -2.24. The fourth-order valence-electron chi connectivity index (χ4n) is 3.27. The molecule has 0 radical (unpaired) electrons. The molecule has 5 nitrogen and oxygen atoms in total. The second-order valence-corrected chi connectivity index (χ2v) is 5.75. The Morgan fingerprint density at radius 3 is 2.76 bits per heavy atom. The van der Waals surface area contributed by atoms with E-state index < -0.39 is 0 Å². The SMILES string of the molecule is CCc1nccn1-c1cc(C2CCCCC2)n(N)c(=O)c1. The molecule has 21 heavy (non-hydrogen) atoms. The van der Waals surface area contributed by atoms with Crippen molar-refractivity contribution in [3.63, 3.8) is 0 Å². The molecule has 1 aliphatic carbocycles. The van der Waals surface area contributed by atoms with E-state index in [1.54, 1.807) is 12.3 Å². The zero-order valence-corrected chi connectivity index (χ0v) is 12.5. The van der Waals surface area contributed by atoms with Gasteiger partial charge in [-0.3, -0.25) is 4.79 Å². The van der Waals surface area contributed by atoms with Gasteiger partial charge < -0.3 is 10.4 Å². The first kappa shape index (κ1) is 13.9. The van der Waals surface area contributed by atoms with Gasteiger partial charge in [0.25, 0.3) is 5.56 Å². The van der Waals surface area contributed by atoms with Gasteiger partial charge >= 0.3 is 0 Å². The maximum Gasteiger partial charge on any atom is 0.270 e. The van der Waals surface area contributed by atoms with Crippen molar-refractivity contribution < 1.29 is 0 Å². The summed E-state index contributed by atoms with van der Waals surface area (Å²) < 4.78 is 3.30. The summed E-state index contributed by atoms with van der Waals surface area (Å²) in [6, 6.07) is 3.64. The lowest BCUT2D eigenvalue weighted by atomic mass is 9.86. The van der Waals surface area contributed by atoms with Crippen LogP contribution >= 0.6 is 0 Å². The lowest BCUT2D eigenvalue weighted by Crippen LogP contribution is -2.32. The van der Waals surface area contributed by atoms with Crippen LogP contribution in [-0.2, 0) is 6.42 Å². The molecule has 0 saturated heterocycles. The number of nitrogens with two attached hydrogens (primary N) is 1. The summed E-state index contributed by atoms with van der Waals surface area (Å²) in [4.78, 5) is 16.5. The number of rotatable bonds is 3. The molecule has 0 amide bonds. The molecule has 2 heterocycles. The normalized spacial score (nSPS) is 16.2. The third kappa shape index (κ3) is 2.60. The molecule has 0 aliphatic heterocycles. The fourth-order valence-corrected chi connectivity index (χ4v) is 3.27. The van der Waals surface area contributed by atoms with Gasteiger partial charge in [-0.25, -0.2) is 9.66 Å². The average Bonchev–Trinajstić information content (AvgIpc) is 2.99. The predicted octanol–water partition coefficient (Wildman–Crippen LogP) is 2.36. The Morgan fingerprint density at radius 1 is 1.29 bits per heavy atom. The molecule has 5 heteroatoms. The Kier molecular flexibility index (Phi) is 3.82. The topological polar surface area (TPSA) is 65.8 Å². The number of aryl methyl sites for hydroxylation is 1. The zero-order chi connectivity index (χ0) is 14.8. The van der Waals surface area contributed by atoms with Gasteiger partial charge in [0.1, 0.15) is 5.82 Å². The van der Waals surface area contributed by atoms with Crippen LogP contribution < -0.4 is 11.4 Å². The van der Waals surface area contributed by atoms with E-state index in [1.807, 2.05) is 10.8 Å². The second-order valence-electron chi connectivity index (χ2n) is 5.75. The van der Waals surface area contributed by atoms with Crippen molar-refractivity contribution >= 4 is 0 Å². The highest BCUT2D eigenvalue weighted by atomic mass is 16.1. The number of hydrogen-bond donors (Lipinski definition) is 1. The largest absolute Gasteiger partial charge is 0.336 e. The van der Waals surface area contributed by atoms with Crippen LogP contribution in [0.1, 0.15) is 56.5 Å². The van der Waals surface area contributed by atoms with Gasteiger partial charge in [-0.1, -0.05) is 26.2 Å². The van der Waals surface area contributed by atoms with E-state index in [9.17, 15) is 4.79 Å². The third-order valence-corrected chi connectivity index (χ3v) is 4.42. The molecule has 1 saturated carbocycles. The number of aromatic nitrogens is 3. The lowest BCUT2D eigenvalue weighted by molar-refractivity contribution is 0.428. The Morgan fingerprint density at radius 2 is 2.05 bits per heavy atom. The van der Waals surface area contributed by atoms with Crippen molar-refractivity contribution in [1.82, 2.24) is 14.2 Å². The number of nitrogens with zero attached hydrogens (tertiary/aromatic N) is 3. The third-order valence-electron chi connectivity index (χ3n) is 4.42. The van der Waals surface area contributed by atoms with Gasteiger partial charge in [-0.15, -0.1) is 0 Å². The summed E-state index contributed by atoms with van der Waals surface area (Å²) in [5, 5.41) is 0. The molecular formula is C16H22N4O. The number of nitrogen functional groups attached to an aromatic ring is 1. The minimum atomic E-state index is -0.149. The van der Waals surface area contributed by atoms with Crippen LogP contribution in [0, 0.1) is 0 Å². The van der Waals surface area contributed by atoms with Crippen LogP contribution in [0.25, 0.3) is 5.69 Å². The first-order valence-electron chi connectivity index (χ1n) is 7.75. The summed E-state index contributed by atoms with van der Waals surface area (Å²) in [6.45, 7) is 2.06. The molecule has 2 N–H and O–H groups in total. The van der Waals surface area contributed by atoms with Crippen molar-refractivity contribution in [2.45, 2.75) is 51.4 Å². The van der Waals surface area contributed by atoms with Crippen LogP contribution in [0.4, 0.5) is 0 Å². The predicted molar refractivity (Wildman–Crippen MR) is 83.2 cm³/mol. The molecule has 0 spiro atoms. The van der Waals surface area contributed by atoms with Crippen molar-refractivity contribution in [2.24, 2.45) is 0 Å². The molecule has 0 atom stereocenters. The molecule has 3 rings (SSSR count). The average molecular weight is 286 g/mol. The van der Waals surface area contributed by atoms with Crippen LogP contribution in [0.15, 0.2) is 29.3 Å². The molecular weight excluding hydrogens is 264 g/mol. The maximum atomic E-state index is 12.2. The molecule has 0 bridgehead atoms. The highest BCUT2D eigenvalue weighted by Gasteiger charge is 2.20. The Balaban J connectivity index is 2.07. The van der Waals surface area contributed by atoms with Gasteiger partial charge in [-0.2, -0.15) is 0 Å². The van der Waals surface area contributed by atoms with E-state index >= 15 is 0 Å². The van der Waals surface area contributed by atoms with Gasteiger partial charge in [0.05, 0.1) is 5.69 Å². The van der Waals surface area contributed by atoms with Gasteiger partial charge in [0.2, 0.25) is 0 Å². The fraction of sp³-hybridized carbons (Fsp3) is 0.500. The second kappa shape index (κ2) is 5.76. The Bertz CT molecular complexity index is 680. The monoisotopic (exact) mass is 286 g/mol. The van der Waals surface area contributed by atoms with E-state index in [0.29, 0.717) is 5.92 Å². The molecule has 0 unspecified atom stereocenters. The van der Waals surface area contributed by atoms with Crippen molar-refractivity contribution in [2.75, 3.05) is 5.84 Å². The summed E-state index contributed by atoms with van der Waals surface area (Å²) in [6.07, 6.45) is 10.5. The van der Waals surface area contributed by atoms with Gasteiger partial charge in [-0.05, 0) is 18.9 Å². The van der Waals surface area contributed by atoms with Gasteiger partial charge in [0.15, 0.2) is 0 Å². The maximum absolute atomic E-state index is 12.2. The highest BCUT2D eigenvalue weighted by molar-refractivity contribution is 5.35. The van der Waals surface area contributed by atoms with E-state index in [-0.39, 0.29) is 5.56 Å². The minimum absolute atomic E-state index is 0.149. The molecule has 1 fully saturated rings.